The van der Waals surface area contributed by atoms with Gasteiger partial charge < -0.3 is 9.47 Å². The lowest BCUT2D eigenvalue weighted by Gasteiger charge is -2.27. The number of fused-ring (bicyclic) bond motifs is 1. The second-order valence-electron chi connectivity index (χ2n) is 5.41. The van der Waals surface area contributed by atoms with Crippen molar-refractivity contribution in [2.75, 3.05) is 13.2 Å². The fourth-order valence-corrected chi connectivity index (χ4v) is 3.17. The molecule has 1 aromatic rings. The number of ether oxygens (including phenoxy) is 2. The SMILES string of the molecule is N#CC(c1ccc2c(c1)OCCO2)C1CCCCC1. The van der Waals surface area contributed by atoms with Crippen LogP contribution < -0.4 is 9.47 Å². The molecule has 19 heavy (non-hydrogen) atoms. The molecule has 1 aromatic carbocycles. The monoisotopic (exact) mass is 257 g/mol. The summed E-state index contributed by atoms with van der Waals surface area (Å²) in [6.07, 6.45) is 6.18. The molecule has 2 aliphatic rings. The van der Waals surface area contributed by atoms with E-state index in [0.717, 1.165) is 17.1 Å². The topological polar surface area (TPSA) is 42.2 Å². The van der Waals surface area contributed by atoms with Crippen molar-refractivity contribution in [3.05, 3.63) is 23.8 Å². The number of rotatable bonds is 2. The van der Waals surface area contributed by atoms with E-state index in [1.165, 1.54) is 32.1 Å². The molecule has 0 spiro atoms. The second-order valence-corrected chi connectivity index (χ2v) is 5.41. The zero-order valence-corrected chi connectivity index (χ0v) is 11.1. The molecule has 0 radical (unpaired) electrons. The van der Waals surface area contributed by atoms with E-state index in [9.17, 15) is 5.26 Å². The van der Waals surface area contributed by atoms with Gasteiger partial charge in [-0.1, -0.05) is 25.3 Å². The summed E-state index contributed by atoms with van der Waals surface area (Å²) >= 11 is 0. The summed E-state index contributed by atoms with van der Waals surface area (Å²) in [6.45, 7) is 1.20. The number of benzene rings is 1. The predicted molar refractivity (Wildman–Crippen MR) is 72.4 cm³/mol. The Morgan fingerprint density at radius 2 is 1.79 bits per heavy atom. The average Bonchev–Trinajstić information content (AvgIpc) is 2.49. The van der Waals surface area contributed by atoms with Gasteiger partial charge in [0.15, 0.2) is 11.5 Å². The van der Waals surface area contributed by atoms with Gasteiger partial charge in [-0.05, 0) is 36.5 Å². The van der Waals surface area contributed by atoms with E-state index in [2.05, 4.69) is 6.07 Å². The van der Waals surface area contributed by atoms with Gasteiger partial charge in [-0.3, -0.25) is 0 Å². The van der Waals surface area contributed by atoms with Crippen molar-refractivity contribution < 1.29 is 9.47 Å². The maximum absolute atomic E-state index is 9.51. The molecule has 3 rings (SSSR count). The van der Waals surface area contributed by atoms with Gasteiger partial charge in [0, 0.05) is 0 Å². The normalized spacial score (nSPS) is 20.6. The van der Waals surface area contributed by atoms with E-state index >= 15 is 0 Å². The van der Waals surface area contributed by atoms with E-state index < -0.39 is 0 Å². The van der Waals surface area contributed by atoms with Crippen LogP contribution in [0, 0.1) is 17.2 Å². The van der Waals surface area contributed by atoms with Crippen LogP contribution in [-0.2, 0) is 0 Å². The Morgan fingerprint density at radius 1 is 1.05 bits per heavy atom. The van der Waals surface area contributed by atoms with Crippen LogP contribution in [0.25, 0.3) is 0 Å². The Balaban J connectivity index is 1.84. The predicted octanol–water partition coefficient (Wildman–Crippen LogP) is 3.65. The van der Waals surface area contributed by atoms with Crippen LogP contribution in [0.2, 0.25) is 0 Å². The van der Waals surface area contributed by atoms with Crippen molar-refractivity contribution in [1.82, 2.24) is 0 Å². The third kappa shape index (κ3) is 2.53. The summed E-state index contributed by atoms with van der Waals surface area (Å²) in [5.41, 5.74) is 1.08. The van der Waals surface area contributed by atoms with Crippen LogP contribution in [0.5, 0.6) is 11.5 Å². The molecule has 1 heterocycles. The summed E-state index contributed by atoms with van der Waals surface area (Å²) in [5, 5.41) is 9.51. The molecule has 0 aromatic heterocycles. The fraction of sp³-hybridized carbons (Fsp3) is 0.562. The van der Waals surface area contributed by atoms with Gasteiger partial charge in [0.1, 0.15) is 13.2 Å². The van der Waals surface area contributed by atoms with E-state index in [1.807, 2.05) is 18.2 Å². The first-order chi connectivity index (χ1) is 9.38. The number of nitrogens with zero attached hydrogens (tertiary/aromatic N) is 1. The number of hydrogen-bond acceptors (Lipinski definition) is 3. The quantitative estimate of drug-likeness (QED) is 0.812. The van der Waals surface area contributed by atoms with Gasteiger partial charge in [-0.15, -0.1) is 0 Å². The fourth-order valence-electron chi connectivity index (χ4n) is 3.17. The van der Waals surface area contributed by atoms with Crippen molar-refractivity contribution in [2.24, 2.45) is 5.92 Å². The first kappa shape index (κ1) is 12.3. The van der Waals surface area contributed by atoms with Gasteiger partial charge >= 0.3 is 0 Å². The first-order valence-corrected chi connectivity index (χ1v) is 7.17. The Kier molecular flexibility index (Phi) is 3.59. The highest BCUT2D eigenvalue weighted by Gasteiger charge is 2.26. The minimum Gasteiger partial charge on any atom is -0.486 e. The molecule has 1 fully saturated rings. The molecule has 0 N–H and O–H groups in total. The summed E-state index contributed by atoms with van der Waals surface area (Å²) < 4.78 is 11.1. The Hall–Kier alpha value is -1.69. The minimum atomic E-state index is -0.00359. The molecule has 100 valence electrons. The second kappa shape index (κ2) is 5.52. The molecule has 3 nitrogen and oxygen atoms in total. The van der Waals surface area contributed by atoms with E-state index in [1.54, 1.807) is 0 Å². The standard InChI is InChI=1S/C16H19NO2/c17-11-14(12-4-2-1-3-5-12)13-6-7-15-16(10-13)19-9-8-18-15/h6-7,10,12,14H,1-5,8-9H2. The number of nitriles is 1. The maximum atomic E-state index is 9.51. The van der Waals surface area contributed by atoms with Crippen molar-refractivity contribution >= 4 is 0 Å². The van der Waals surface area contributed by atoms with E-state index in [4.69, 9.17) is 9.47 Å². The largest absolute Gasteiger partial charge is 0.486 e. The molecular weight excluding hydrogens is 238 g/mol. The molecule has 0 amide bonds. The molecule has 1 aliphatic heterocycles. The highest BCUT2D eigenvalue weighted by Crippen LogP contribution is 2.39. The van der Waals surface area contributed by atoms with E-state index in [-0.39, 0.29) is 5.92 Å². The molecule has 1 atom stereocenters. The smallest absolute Gasteiger partial charge is 0.161 e. The molecule has 1 unspecified atom stereocenters. The molecule has 3 heteroatoms. The first-order valence-electron chi connectivity index (χ1n) is 7.17. The van der Waals surface area contributed by atoms with Crippen LogP contribution in [0.4, 0.5) is 0 Å². The zero-order valence-electron chi connectivity index (χ0n) is 11.1. The van der Waals surface area contributed by atoms with Gasteiger partial charge in [-0.25, -0.2) is 0 Å². The lowest BCUT2D eigenvalue weighted by molar-refractivity contribution is 0.171. The van der Waals surface area contributed by atoms with Gasteiger partial charge in [-0.2, -0.15) is 5.26 Å². The van der Waals surface area contributed by atoms with Crippen LogP contribution in [-0.4, -0.2) is 13.2 Å². The minimum absolute atomic E-state index is 0.00359. The zero-order chi connectivity index (χ0) is 13.1. The summed E-state index contributed by atoms with van der Waals surface area (Å²) in [7, 11) is 0. The Bertz CT molecular complexity index is 486. The van der Waals surface area contributed by atoms with Crippen LogP contribution in [0.1, 0.15) is 43.6 Å². The molecular formula is C16H19NO2. The third-order valence-corrected chi connectivity index (χ3v) is 4.19. The van der Waals surface area contributed by atoms with Crippen LogP contribution in [0.3, 0.4) is 0 Å². The van der Waals surface area contributed by atoms with Gasteiger partial charge in [0.05, 0.1) is 12.0 Å². The van der Waals surface area contributed by atoms with Crippen molar-refractivity contribution in [3.8, 4) is 17.6 Å². The van der Waals surface area contributed by atoms with Crippen LogP contribution >= 0.6 is 0 Å². The maximum Gasteiger partial charge on any atom is 0.161 e. The van der Waals surface area contributed by atoms with Crippen LogP contribution in [0.15, 0.2) is 18.2 Å². The van der Waals surface area contributed by atoms with Crippen molar-refractivity contribution in [2.45, 2.75) is 38.0 Å². The molecule has 1 saturated carbocycles. The summed E-state index contributed by atoms with van der Waals surface area (Å²) in [4.78, 5) is 0. The average molecular weight is 257 g/mol. The number of hydrogen-bond donors (Lipinski definition) is 0. The van der Waals surface area contributed by atoms with Crippen molar-refractivity contribution in [1.29, 1.82) is 5.26 Å². The van der Waals surface area contributed by atoms with Gasteiger partial charge in [0.25, 0.3) is 0 Å². The van der Waals surface area contributed by atoms with E-state index in [0.29, 0.717) is 19.1 Å². The highest BCUT2D eigenvalue weighted by atomic mass is 16.6. The summed E-state index contributed by atoms with van der Waals surface area (Å²) in [5.74, 6) is 2.09. The van der Waals surface area contributed by atoms with Gasteiger partial charge in [0.2, 0.25) is 0 Å². The molecule has 1 aliphatic carbocycles. The summed E-state index contributed by atoms with van der Waals surface area (Å²) in [6, 6.07) is 8.46. The molecule has 0 saturated heterocycles. The third-order valence-electron chi connectivity index (χ3n) is 4.19. The highest BCUT2D eigenvalue weighted by molar-refractivity contribution is 5.46. The molecule has 0 bridgehead atoms. The lowest BCUT2D eigenvalue weighted by Crippen LogP contribution is -2.17. The Labute approximate surface area is 114 Å². The Morgan fingerprint density at radius 3 is 2.53 bits per heavy atom. The van der Waals surface area contributed by atoms with Crippen molar-refractivity contribution in [3.63, 3.8) is 0 Å². The lowest BCUT2D eigenvalue weighted by atomic mass is 9.77.